The zero-order valence-corrected chi connectivity index (χ0v) is 18.6. The van der Waals surface area contributed by atoms with Crippen LogP contribution in [0.4, 0.5) is 10.1 Å². The van der Waals surface area contributed by atoms with Crippen LogP contribution < -0.4 is 4.90 Å². The Morgan fingerprint density at radius 2 is 1.62 bits per heavy atom. The fraction of sp³-hybridized carbons (Fsp3) is 0.167. The number of amides is 1. The molecule has 0 unspecified atom stereocenters. The van der Waals surface area contributed by atoms with Crippen LogP contribution in [0.5, 0.6) is 0 Å². The van der Waals surface area contributed by atoms with Crippen molar-refractivity contribution < 1.29 is 14.3 Å². The Labute approximate surface area is 199 Å². The minimum atomic E-state index is -0.739. The molecule has 0 aromatic heterocycles. The number of aliphatic hydroxyl groups excluding tert-OH is 1. The molecule has 1 aliphatic rings. The molecule has 3 atom stereocenters. The largest absolute Gasteiger partial charge is 0.388 e. The smallest absolute Gasteiger partial charge is 0.233 e. The summed E-state index contributed by atoms with van der Waals surface area (Å²) in [6, 6.07) is 34.7. The molecular weight excluding hydrogens is 425 g/mol. The molecule has 0 bridgehead atoms. The molecule has 0 aliphatic carbocycles. The van der Waals surface area contributed by atoms with Gasteiger partial charge in [0.25, 0.3) is 0 Å². The van der Waals surface area contributed by atoms with Crippen molar-refractivity contribution in [1.29, 1.82) is 0 Å². The van der Waals surface area contributed by atoms with Crippen molar-refractivity contribution in [1.82, 2.24) is 0 Å². The lowest BCUT2D eigenvalue weighted by Gasteiger charge is -2.48. The van der Waals surface area contributed by atoms with Crippen LogP contribution in [0.15, 0.2) is 103 Å². The molecular formula is C30H25FNO2. The van der Waals surface area contributed by atoms with Crippen LogP contribution in [0, 0.1) is 17.8 Å². The van der Waals surface area contributed by atoms with Crippen molar-refractivity contribution in [3.05, 3.63) is 126 Å². The highest BCUT2D eigenvalue weighted by molar-refractivity contribution is 6.03. The van der Waals surface area contributed by atoms with Gasteiger partial charge in [-0.25, -0.2) is 4.39 Å². The van der Waals surface area contributed by atoms with E-state index in [9.17, 15) is 14.3 Å². The van der Waals surface area contributed by atoms with E-state index in [4.69, 9.17) is 0 Å². The SMILES string of the molecule is O=C1[C@H](CC[C@H](O)c2ccc(F)cc2)[C@@H](c2ccc(-c3c[c]ccc3)cc2)N1c1ccccc1. The summed E-state index contributed by atoms with van der Waals surface area (Å²) in [7, 11) is 0. The standard InChI is InChI=1S/C30H25FNO2/c31-25-17-15-23(16-18-25)28(33)20-19-27-29(32(30(27)34)26-9-5-2-6-10-26)24-13-11-22(12-14-24)21-7-3-1-4-8-21/h1-3,5-18,27-29,33H,19-20H2/t27-,28+,29-/m1/s1. The number of hydrogen-bond donors (Lipinski definition) is 1. The van der Waals surface area contributed by atoms with Crippen molar-refractivity contribution in [2.45, 2.75) is 25.0 Å². The van der Waals surface area contributed by atoms with Gasteiger partial charge in [0.2, 0.25) is 5.91 Å². The van der Waals surface area contributed by atoms with Crippen LogP contribution in [-0.4, -0.2) is 11.0 Å². The van der Waals surface area contributed by atoms with E-state index in [-0.39, 0.29) is 23.7 Å². The molecule has 4 heteroatoms. The van der Waals surface area contributed by atoms with Gasteiger partial charge in [-0.1, -0.05) is 72.8 Å². The Hall–Kier alpha value is -3.76. The Bertz CT molecular complexity index is 1240. The summed E-state index contributed by atoms with van der Waals surface area (Å²) in [6.07, 6.45) is 0.233. The van der Waals surface area contributed by atoms with E-state index < -0.39 is 6.10 Å². The molecule has 1 fully saturated rings. The third-order valence-electron chi connectivity index (χ3n) is 6.55. The normalized spacial score (nSPS) is 18.4. The van der Waals surface area contributed by atoms with Gasteiger partial charge in [-0.2, -0.15) is 0 Å². The summed E-state index contributed by atoms with van der Waals surface area (Å²) >= 11 is 0. The van der Waals surface area contributed by atoms with Crippen LogP contribution in [0.2, 0.25) is 0 Å². The molecule has 169 valence electrons. The molecule has 4 aromatic rings. The Morgan fingerprint density at radius 3 is 2.29 bits per heavy atom. The second-order valence-corrected chi connectivity index (χ2v) is 8.65. The zero-order chi connectivity index (χ0) is 23.5. The van der Waals surface area contributed by atoms with Gasteiger partial charge in [0.1, 0.15) is 5.82 Å². The molecule has 3 nitrogen and oxygen atoms in total. The van der Waals surface area contributed by atoms with Crippen LogP contribution in [0.25, 0.3) is 11.1 Å². The lowest BCUT2D eigenvalue weighted by Crippen LogP contribution is -2.55. The molecule has 34 heavy (non-hydrogen) atoms. The van der Waals surface area contributed by atoms with Gasteiger partial charge >= 0.3 is 0 Å². The van der Waals surface area contributed by atoms with E-state index in [2.05, 4.69) is 30.3 Å². The third kappa shape index (κ3) is 4.37. The van der Waals surface area contributed by atoms with Gasteiger partial charge in [0.15, 0.2) is 0 Å². The maximum atomic E-state index is 13.2. The number of hydrogen-bond acceptors (Lipinski definition) is 2. The fourth-order valence-electron chi connectivity index (χ4n) is 4.72. The Balaban J connectivity index is 1.38. The van der Waals surface area contributed by atoms with Crippen molar-refractivity contribution in [3.8, 4) is 11.1 Å². The van der Waals surface area contributed by atoms with Crippen molar-refractivity contribution in [2.75, 3.05) is 4.90 Å². The van der Waals surface area contributed by atoms with Gasteiger partial charge < -0.3 is 10.0 Å². The molecule has 1 N–H and O–H groups in total. The van der Waals surface area contributed by atoms with E-state index in [1.807, 2.05) is 59.5 Å². The van der Waals surface area contributed by atoms with Crippen LogP contribution in [0.1, 0.15) is 36.1 Å². The minimum absolute atomic E-state index is 0.0595. The van der Waals surface area contributed by atoms with E-state index in [0.29, 0.717) is 18.4 Å². The number of para-hydroxylation sites is 1. The first-order valence-electron chi connectivity index (χ1n) is 11.5. The maximum Gasteiger partial charge on any atom is 0.233 e. The van der Waals surface area contributed by atoms with Gasteiger partial charge in [0, 0.05) is 5.69 Å². The predicted molar refractivity (Wildman–Crippen MR) is 131 cm³/mol. The molecule has 1 saturated heterocycles. The molecule has 0 spiro atoms. The quantitative estimate of drug-likeness (QED) is 0.326. The van der Waals surface area contributed by atoms with Gasteiger partial charge in [-0.3, -0.25) is 4.79 Å². The predicted octanol–water partition coefficient (Wildman–Crippen LogP) is 6.51. The summed E-state index contributed by atoms with van der Waals surface area (Å²) in [5, 5.41) is 10.6. The van der Waals surface area contributed by atoms with Gasteiger partial charge in [-0.15, -0.1) is 0 Å². The van der Waals surface area contributed by atoms with E-state index in [1.165, 1.54) is 12.1 Å². The zero-order valence-electron chi connectivity index (χ0n) is 18.6. The second-order valence-electron chi connectivity index (χ2n) is 8.65. The van der Waals surface area contributed by atoms with Crippen molar-refractivity contribution >= 4 is 11.6 Å². The monoisotopic (exact) mass is 450 g/mol. The first-order valence-corrected chi connectivity index (χ1v) is 11.5. The number of rotatable bonds is 7. The van der Waals surface area contributed by atoms with Crippen molar-refractivity contribution in [3.63, 3.8) is 0 Å². The summed E-state index contributed by atoms with van der Waals surface area (Å²) in [4.78, 5) is 15.1. The number of carbonyl (C=O) groups is 1. The summed E-state index contributed by atoms with van der Waals surface area (Å²) < 4.78 is 13.2. The molecule has 1 aliphatic heterocycles. The first-order chi connectivity index (χ1) is 16.6. The maximum absolute atomic E-state index is 13.2. The number of nitrogens with zero attached hydrogens (tertiary/aromatic N) is 1. The van der Waals surface area contributed by atoms with E-state index in [1.54, 1.807) is 12.1 Å². The molecule has 5 rings (SSSR count). The third-order valence-corrected chi connectivity index (χ3v) is 6.55. The lowest BCUT2D eigenvalue weighted by molar-refractivity contribution is -0.131. The highest BCUT2D eigenvalue weighted by atomic mass is 19.1. The van der Waals surface area contributed by atoms with E-state index >= 15 is 0 Å². The average Bonchev–Trinajstić information content (AvgIpc) is 2.89. The Kier molecular flexibility index (Phi) is 6.24. The topological polar surface area (TPSA) is 40.5 Å². The molecule has 1 radical (unpaired) electrons. The van der Waals surface area contributed by atoms with Gasteiger partial charge in [0.05, 0.1) is 18.1 Å². The molecule has 1 amide bonds. The number of benzene rings is 4. The minimum Gasteiger partial charge on any atom is -0.388 e. The van der Waals surface area contributed by atoms with Crippen LogP contribution in [0.3, 0.4) is 0 Å². The van der Waals surface area contributed by atoms with Crippen LogP contribution in [-0.2, 0) is 4.79 Å². The number of halogens is 1. The van der Waals surface area contributed by atoms with Crippen molar-refractivity contribution in [2.24, 2.45) is 5.92 Å². The highest BCUT2D eigenvalue weighted by Crippen LogP contribution is 2.46. The summed E-state index contributed by atoms with van der Waals surface area (Å²) in [5.41, 5.74) is 4.79. The summed E-state index contributed by atoms with van der Waals surface area (Å²) in [5.74, 6) is -0.504. The fourth-order valence-corrected chi connectivity index (χ4v) is 4.72. The molecule has 1 heterocycles. The summed E-state index contributed by atoms with van der Waals surface area (Å²) in [6.45, 7) is 0. The number of carbonyl (C=O) groups excluding carboxylic acids is 1. The average molecular weight is 451 g/mol. The number of anilines is 1. The Morgan fingerprint density at radius 1 is 0.882 bits per heavy atom. The van der Waals surface area contributed by atoms with Gasteiger partial charge in [-0.05, 0) is 71.5 Å². The number of aliphatic hydroxyl groups is 1. The highest BCUT2D eigenvalue weighted by Gasteiger charge is 2.48. The van der Waals surface area contributed by atoms with Crippen LogP contribution >= 0.6 is 0 Å². The molecule has 4 aromatic carbocycles. The second kappa shape index (κ2) is 9.62. The first kappa shape index (κ1) is 22.1. The van der Waals surface area contributed by atoms with E-state index in [0.717, 1.165) is 22.4 Å². The number of β-lactam (4-membered cyclic amide) rings is 1. The lowest BCUT2D eigenvalue weighted by atomic mass is 9.78. The molecule has 0 saturated carbocycles.